The second-order valence-corrected chi connectivity index (χ2v) is 8.60. The molecule has 0 spiro atoms. The van der Waals surface area contributed by atoms with Crippen LogP contribution < -0.4 is 4.74 Å². The van der Waals surface area contributed by atoms with Gasteiger partial charge in [-0.2, -0.15) is 13.2 Å². The van der Waals surface area contributed by atoms with Crippen LogP contribution in [0.1, 0.15) is 48.2 Å². The van der Waals surface area contributed by atoms with Gasteiger partial charge < -0.3 is 18.8 Å². The third-order valence-corrected chi connectivity index (χ3v) is 5.62. The summed E-state index contributed by atoms with van der Waals surface area (Å²) in [5.41, 5.74) is 1.57. The summed E-state index contributed by atoms with van der Waals surface area (Å²) < 4.78 is 51.2. The molecular weight excluding hydrogens is 471 g/mol. The molecule has 0 atom stereocenters. The van der Waals surface area contributed by atoms with Gasteiger partial charge in [0.2, 0.25) is 0 Å². The first-order valence-electron chi connectivity index (χ1n) is 11.4. The molecule has 1 amide bonds. The summed E-state index contributed by atoms with van der Waals surface area (Å²) in [5.74, 6) is 0.659. The van der Waals surface area contributed by atoms with E-state index in [-0.39, 0.29) is 36.2 Å². The van der Waals surface area contributed by atoms with E-state index in [0.29, 0.717) is 24.2 Å². The molecular formula is C28H28F3NO4. The van der Waals surface area contributed by atoms with Crippen molar-refractivity contribution in [3.63, 3.8) is 0 Å². The quantitative estimate of drug-likeness (QED) is 0.284. The van der Waals surface area contributed by atoms with Gasteiger partial charge in [0.25, 0.3) is 5.91 Å². The topological polar surface area (TPSA) is 59.8 Å². The van der Waals surface area contributed by atoms with Crippen LogP contribution in [0.5, 0.6) is 5.75 Å². The number of amides is 1. The average Bonchev–Trinajstić information content (AvgIpc) is 3.37. The van der Waals surface area contributed by atoms with Crippen LogP contribution >= 0.6 is 0 Å². The maximum atomic E-state index is 13.4. The lowest BCUT2D eigenvalue weighted by molar-refractivity contribution is -0.137. The van der Waals surface area contributed by atoms with Crippen molar-refractivity contribution in [2.24, 2.45) is 0 Å². The predicted octanol–water partition coefficient (Wildman–Crippen LogP) is 6.93. The van der Waals surface area contributed by atoms with Crippen LogP contribution in [-0.2, 0) is 17.5 Å². The Kier molecular flexibility index (Phi) is 8.74. The minimum atomic E-state index is -4.53. The van der Waals surface area contributed by atoms with Crippen LogP contribution in [-0.4, -0.2) is 30.2 Å². The first-order chi connectivity index (χ1) is 17.0. The standard InChI is InChI=1S/C28H28F3NO4/c1-19(6-7-20(2)33)14-16-36-26-13-12-24(28(29,30)31)17-23(26)18-32(3)27(34)22-10-8-21(9-11-22)25-5-4-15-35-25/h4-5,8-15,17H,6-7,16,18H2,1-3H3/b19-14+. The Hall–Kier alpha value is -3.81. The number of ether oxygens (including phenoxy) is 1. The van der Waals surface area contributed by atoms with Crippen molar-refractivity contribution in [3.8, 4) is 17.1 Å². The number of furan rings is 1. The maximum Gasteiger partial charge on any atom is 0.416 e. The molecule has 0 saturated heterocycles. The molecule has 1 aromatic heterocycles. The van der Waals surface area contributed by atoms with Crippen molar-refractivity contribution >= 4 is 11.7 Å². The van der Waals surface area contributed by atoms with Gasteiger partial charge in [0.05, 0.1) is 11.8 Å². The number of Topliss-reactive ketones (excluding diaryl/α,β-unsaturated/α-hetero) is 1. The van der Waals surface area contributed by atoms with Gasteiger partial charge in [-0.15, -0.1) is 0 Å². The molecule has 0 aliphatic carbocycles. The molecule has 36 heavy (non-hydrogen) atoms. The van der Waals surface area contributed by atoms with Crippen LogP contribution in [0.2, 0.25) is 0 Å². The average molecular weight is 500 g/mol. The number of allylic oxidation sites excluding steroid dienone is 1. The van der Waals surface area contributed by atoms with Crippen LogP contribution in [0.4, 0.5) is 13.2 Å². The molecule has 0 saturated carbocycles. The number of nitrogens with zero attached hydrogens (tertiary/aromatic N) is 1. The van der Waals surface area contributed by atoms with Crippen molar-refractivity contribution in [2.75, 3.05) is 13.7 Å². The normalized spacial score (nSPS) is 11.9. The zero-order chi connectivity index (χ0) is 26.3. The molecule has 0 fully saturated rings. The molecule has 0 N–H and O–H groups in total. The Morgan fingerprint density at radius 1 is 1.03 bits per heavy atom. The number of benzene rings is 2. The molecule has 0 aliphatic rings. The van der Waals surface area contributed by atoms with Gasteiger partial charge in [-0.25, -0.2) is 0 Å². The molecule has 8 heteroatoms. The fourth-order valence-corrected chi connectivity index (χ4v) is 3.54. The molecule has 0 unspecified atom stereocenters. The third-order valence-electron chi connectivity index (χ3n) is 5.62. The molecule has 0 radical (unpaired) electrons. The smallest absolute Gasteiger partial charge is 0.416 e. The Morgan fingerprint density at radius 3 is 2.36 bits per heavy atom. The highest BCUT2D eigenvalue weighted by Gasteiger charge is 2.31. The molecule has 2 aromatic carbocycles. The van der Waals surface area contributed by atoms with Crippen molar-refractivity contribution in [1.82, 2.24) is 4.90 Å². The van der Waals surface area contributed by atoms with Gasteiger partial charge in [-0.05, 0) is 68.8 Å². The predicted molar refractivity (Wildman–Crippen MR) is 131 cm³/mol. The molecule has 3 aromatic rings. The highest BCUT2D eigenvalue weighted by Crippen LogP contribution is 2.33. The fraction of sp³-hybridized carbons (Fsp3) is 0.286. The summed E-state index contributed by atoms with van der Waals surface area (Å²) in [6, 6.07) is 13.6. The minimum Gasteiger partial charge on any atom is -0.489 e. The summed E-state index contributed by atoms with van der Waals surface area (Å²) >= 11 is 0. The lowest BCUT2D eigenvalue weighted by Crippen LogP contribution is -2.26. The van der Waals surface area contributed by atoms with Crippen LogP contribution in [0.15, 0.2) is 76.9 Å². The van der Waals surface area contributed by atoms with Gasteiger partial charge in [-0.1, -0.05) is 17.7 Å². The number of alkyl halides is 3. The zero-order valence-corrected chi connectivity index (χ0v) is 20.4. The van der Waals surface area contributed by atoms with E-state index in [9.17, 15) is 22.8 Å². The lowest BCUT2D eigenvalue weighted by atomic mass is 10.1. The van der Waals surface area contributed by atoms with Gasteiger partial charge in [0.15, 0.2) is 0 Å². The number of rotatable bonds is 10. The van der Waals surface area contributed by atoms with E-state index in [2.05, 4.69) is 0 Å². The number of carbonyl (C=O) groups excluding carboxylic acids is 2. The minimum absolute atomic E-state index is 0.0783. The second kappa shape index (κ2) is 11.7. The van der Waals surface area contributed by atoms with Crippen LogP contribution in [0, 0.1) is 0 Å². The van der Waals surface area contributed by atoms with E-state index in [1.54, 1.807) is 48.7 Å². The number of halogens is 3. The van der Waals surface area contributed by atoms with Crippen molar-refractivity contribution in [2.45, 2.75) is 39.4 Å². The largest absolute Gasteiger partial charge is 0.489 e. The number of carbonyl (C=O) groups is 2. The van der Waals surface area contributed by atoms with Crippen LogP contribution in [0.25, 0.3) is 11.3 Å². The van der Waals surface area contributed by atoms with E-state index in [1.807, 2.05) is 6.92 Å². The Bertz CT molecular complexity index is 1210. The van der Waals surface area contributed by atoms with Crippen molar-refractivity contribution < 1.29 is 31.9 Å². The first-order valence-corrected chi connectivity index (χ1v) is 11.4. The fourth-order valence-electron chi connectivity index (χ4n) is 3.54. The molecule has 1 heterocycles. The van der Waals surface area contributed by atoms with Crippen molar-refractivity contribution in [1.29, 1.82) is 0 Å². The Balaban J connectivity index is 1.75. The Labute approximate surface area is 208 Å². The first kappa shape index (κ1) is 26.8. The second-order valence-electron chi connectivity index (χ2n) is 8.60. The van der Waals surface area contributed by atoms with Gasteiger partial charge in [0, 0.05) is 36.7 Å². The van der Waals surface area contributed by atoms with Gasteiger partial charge in [-0.3, -0.25) is 4.79 Å². The monoisotopic (exact) mass is 499 g/mol. The molecule has 5 nitrogen and oxygen atoms in total. The molecule has 0 aliphatic heterocycles. The highest BCUT2D eigenvalue weighted by molar-refractivity contribution is 5.94. The SMILES string of the molecule is CC(=O)CC/C(C)=C/COc1ccc(C(F)(F)F)cc1CN(C)C(=O)c1ccc(-c2ccco2)cc1. The van der Waals surface area contributed by atoms with Crippen molar-refractivity contribution in [3.05, 3.63) is 89.2 Å². The summed E-state index contributed by atoms with van der Waals surface area (Å²) in [5, 5.41) is 0. The molecule has 0 bridgehead atoms. The number of hydrogen-bond acceptors (Lipinski definition) is 4. The number of hydrogen-bond donors (Lipinski definition) is 0. The summed E-state index contributed by atoms with van der Waals surface area (Å²) in [4.78, 5) is 25.5. The molecule has 3 rings (SSSR count). The van der Waals surface area contributed by atoms with E-state index in [0.717, 1.165) is 23.3 Å². The molecule has 190 valence electrons. The lowest BCUT2D eigenvalue weighted by Gasteiger charge is -2.21. The summed E-state index contributed by atoms with van der Waals surface area (Å²) in [6.45, 7) is 3.44. The summed E-state index contributed by atoms with van der Waals surface area (Å²) in [6.07, 6.45) is -0.168. The van der Waals surface area contributed by atoms with Gasteiger partial charge >= 0.3 is 6.18 Å². The highest BCUT2D eigenvalue weighted by atomic mass is 19.4. The number of ketones is 1. The van der Waals surface area contributed by atoms with E-state index in [4.69, 9.17) is 9.15 Å². The zero-order valence-electron chi connectivity index (χ0n) is 20.4. The third kappa shape index (κ3) is 7.34. The van der Waals surface area contributed by atoms with E-state index < -0.39 is 11.7 Å². The van der Waals surface area contributed by atoms with Gasteiger partial charge in [0.1, 0.15) is 23.9 Å². The maximum absolute atomic E-state index is 13.4. The van der Waals surface area contributed by atoms with E-state index in [1.165, 1.54) is 24.9 Å². The summed E-state index contributed by atoms with van der Waals surface area (Å²) in [7, 11) is 1.53. The van der Waals surface area contributed by atoms with Crippen LogP contribution in [0.3, 0.4) is 0 Å². The van der Waals surface area contributed by atoms with E-state index >= 15 is 0 Å². The Morgan fingerprint density at radius 2 is 1.75 bits per heavy atom.